The molecular weight excluding hydrogens is 255 g/mol. The predicted molar refractivity (Wildman–Crippen MR) is 74.3 cm³/mol. The van der Waals surface area contributed by atoms with Crippen LogP contribution in [-0.4, -0.2) is 23.8 Å². The summed E-state index contributed by atoms with van der Waals surface area (Å²) >= 11 is 0. The summed E-state index contributed by atoms with van der Waals surface area (Å²) in [5.41, 5.74) is 12.6. The summed E-state index contributed by atoms with van der Waals surface area (Å²) in [6, 6.07) is 6.18. The van der Waals surface area contributed by atoms with E-state index in [0.29, 0.717) is 6.42 Å². The maximum Gasteiger partial charge on any atom is 0.123 e. The topological polar surface area (TPSA) is 72.3 Å². The Morgan fingerprint density at radius 2 is 1.72 bits per heavy atom. The van der Waals surface area contributed by atoms with Crippen molar-refractivity contribution in [2.75, 3.05) is 6.61 Å². The summed E-state index contributed by atoms with van der Waals surface area (Å²) in [5, 5.41) is 8.99. The van der Waals surface area contributed by atoms with Crippen molar-refractivity contribution in [3.05, 3.63) is 35.6 Å². The number of aliphatic hydroxyl groups excluding tert-OH is 1. The van der Waals surface area contributed by atoms with Gasteiger partial charge in [0.05, 0.1) is 6.61 Å². The molecule has 0 heterocycles. The standard InChI is InChI=1S/C13H21FN2O.ClH/c1-9(15)6-11(7-13(16)8-17)10-2-4-12(14)5-3-10;/h2-5,9,11,13,17H,6-8,15-16H2,1H3;1H. The van der Waals surface area contributed by atoms with Gasteiger partial charge in [0, 0.05) is 12.1 Å². The van der Waals surface area contributed by atoms with Gasteiger partial charge in [-0.3, -0.25) is 0 Å². The van der Waals surface area contributed by atoms with E-state index in [1.807, 2.05) is 6.92 Å². The molecule has 18 heavy (non-hydrogen) atoms. The van der Waals surface area contributed by atoms with E-state index in [-0.39, 0.29) is 42.8 Å². The first kappa shape index (κ1) is 17.3. The Labute approximate surface area is 114 Å². The lowest BCUT2D eigenvalue weighted by molar-refractivity contribution is 0.251. The van der Waals surface area contributed by atoms with Crippen LogP contribution in [0.4, 0.5) is 4.39 Å². The highest BCUT2D eigenvalue weighted by Gasteiger charge is 2.17. The molecule has 0 radical (unpaired) electrons. The third-order valence-corrected chi connectivity index (χ3v) is 2.82. The minimum Gasteiger partial charge on any atom is -0.395 e. The van der Waals surface area contributed by atoms with Gasteiger partial charge in [0.25, 0.3) is 0 Å². The van der Waals surface area contributed by atoms with Crippen LogP contribution in [0.1, 0.15) is 31.2 Å². The Balaban J connectivity index is 0.00000289. The predicted octanol–water partition coefficient (Wildman–Crippen LogP) is 1.78. The van der Waals surface area contributed by atoms with Gasteiger partial charge >= 0.3 is 0 Å². The summed E-state index contributed by atoms with van der Waals surface area (Å²) in [5.74, 6) is -0.0856. The van der Waals surface area contributed by atoms with E-state index < -0.39 is 0 Å². The van der Waals surface area contributed by atoms with E-state index in [9.17, 15) is 4.39 Å². The van der Waals surface area contributed by atoms with E-state index in [1.54, 1.807) is 12.1 Å². The van der Waals surface area contributed by atoms with Crippen LogP contribution in [0.5, 0.6) is 0 Å². The molecule has 5 heteroatoms. The van der Waals surface area contributed by atoms with Crippen LogP contribution in [0.15, 0.2) is 24.3 Å². The van der Waals surface area contributed by atoms with Crippen LogP contribution < -0.4 is 11.5 Å². The van der Waals surface area contributed by atoms with Gasteiger partial charge in [0.1, 0.15) is 5.82 Å². The summed E-state index contributed by atoms with van der Waals surface area (Å²) in [4.78, 5) is 0. The van der Waals surface area contributed by atoms with E-state index in [4.69, 9.17) is 16.6 Å². The van der Waals surface area contributed by atoms with Gasteiger partial charge in [0.15, 0.2) is 0 Å². The van der Waals surface area contributed by atoms with Gasteiger partial charge in [-0.1, -0.05) is 12.1 Å². The summed E-state index contributed by atoms with van der Waals surface area (Å²) < 4.78 is 12.9. The fourth-order valence-electron chi connectivity index (χ4n) is 1.99. The zero-order chi connectivity index (χ0) is 12.8. The SMILES string of the molecule is CC(N)CC(CC(N)CO)c1ccc(F)cc1.Cl. The third kappa shape index (κ3) is 5.78. The van der Waals surface area contributed by atoms with Gasteiger partial charge < -0.3 is 16.6 Å². The van der Waals surface area contributed by atoms with Crippen LogP contribution in [0.2, 0.25) is 0 Å². The van der Waals surface area contributed by atoms with Crippen molar-refractivity contribution in [1.29, 1.82) is 0 Å². The Bertz CT molecular complexity index is 332. The lowest BCUT2D eigenvalue weighted by Crippen LogP contribution is -2.29. The first-order valence-electron chi connectivity index (χ1n) is 5.90. The van der Waals surface area contributed by atoms with Crippen LogP contribution in [0, 0.1) is 5.82 Å². The average molecular weight is 277 g/mol. The number of aliphatic hydroxyl groups is 1. The number of nitrogens with two attached hydrogens (primary N) is 2. The molecule has 0 saturated carbocycles. The molecule has 0 saturated heterocycles. The lowest BCUT2D eigenvalue weighted by atomic mass is 9.87. The maximum absolute atomic E-state index is 12.9. The van der Waals surface area contributed by atoms with Crippen molar-refractivity contribution >= 4 is 12.4 Å². The molecule has 0 aliphatic carbocycles. The second kappa shape index (κ2) is 8.43. The normalized spacial score (nSPS) is 15.6. The number of hydrogen-bond donors (Lipinski definition) is 3. The monoisotopic (exact) mass is 276 g/mol. The van der Waals surface area contributed by atoms with Crippen molar-refractivity contribution in [2.45, 2.75) is 37.8 Å². The zero-order valence-corrected chi connectivity index (χ0v) is 11.4. The van der Waals surface area contributed by atoms with Gasteiger partial charge in [-0.2, -0.15) is 0 Å². The highest BCUT2D eigenvalue weighted by Crippen LogP contribution is 2.25. The maximum atomic E-state index is 12.9. The van der Waals surface area contributed by atoms with Gasteiger partial charge in [-0.05, 0) is 43.4 Å². The minimum absolute atomic E-state index is 0. The van der Waals surface area contributed by atoms with E-state index in [2.05, 4.69) is 0 Å². The number of halogens is 2. The molecule has 0 aromatic heterocycles. The average Bonchev–Trinajstić information content (AvgIpc) is 2.28. The number of benzene rings is 1. The van der Waals surface area contributed by atoms with Crippen molar-refractivity contribution < 1.29 is 9.50 Å². The molecule has 5 N–H and O–H groups in total. The van der Waals surface area contributed by atoms with Crippen LogP contribution >= 0.6 is 12.4 Å². The summed E-state index contributed by atoms with van der Waals surface area (Å²) in [6.45, 7) is 1.89. The molecule has 1 aromatic rings. The summed E-state index contributed by atoms with van der Waals surface area (Å²) in [6.07, 6.45) is 1.43. The number of rotatable bonds is 6. The molecular formula is C13H22ClFN2O. The molecule has 3 atom stereocenters. The Hall–Kier alpha value is -0.680. The van der Waals surface area contributed by atoms with Gasteiger partial charge in [-0.25, -0.2) is 4.39 Å². The Morgan fingerprint density at radius 1 is 1.17 bits per heavy atom. The first-order valence-corrected chi connectivity index (χ1v) is 5.90. The van der Waals surface area contributed by atoms with Crippen LogP contribution in [0.25, 0.3) is 0 Å². The Morgan fingerprint density at radius 3 is 2.17 bits per heavy atom. The lowest BCUT2D eigenvalue weighted by Gasteiger charge is -2.22. The molecule has 0 bridgehead atoms. The van der Waals surface area contributed by atoms with Crippen LogP contribution in [-0.2, 0) is 0 Å². The molecule has 0 amide bonds. The van der Waals surface area contributed by atoms with Crippen molar-refractivity contribution in [3.63, 3.8) is 0 Å². The molecule has 0 fully saturated rings. The van der Waals surface area contributed by atoms with Crippen LogP contribution in [0.3, 0.4) is 0 Å². The van der Waals surface area contributed by atoms with Crippen molar-refractivity contribution in [1.82, 2.24) is 0 Å². The fourth-order valence-corrected chi connectivity index (χ4v) is 1.99. The number of hydrogen-bond acceptors (Lipinski definition) is 3. The molecule has 1 rings (SSSR count). The molecule has 1 aromatic carbocycles. The smallest absolute Gasteiger partial charge is 0.123 e. The molecule has 104 valence electrons. The van der Waals surface area contributed by atoms with Gasteiger partial charge in [-0.15, -0.1) is 12.4 Å². The minimum atomic E-state index is -0.260. The van der Waals surface area contributed by atoms with Crippen molar-refractivity contribution in [3.8, 4) is 0 Å². The van der Waals surface area contributed by atoms with Crippen molar-refractivity contribution in [2.24, 2.45) is 11.5 Å². The summed E-state index contributed by atoms with van der Waals surface area (Å²) in [7, 11) is 0. The molecule has 0 aliphatic heterocycles. The molecule has 0 spiro atoms. The highest BCUT2D eigenvalue weighted by atomic mass is 35.5. The van der Waals surface area contributed by atoms with E-state index in [1.165, 1.54) is 12.1 Å². The Kier molecular flexibility index (Phi) is 8.11. The molecule has 0 aliphatic rings. The largest absolute Gasteiger partial charge is 0.395 e. The highest BCUT2D eigenvalue weighted by molar-refractivity contribution is 5.85. The van der Waals surface area contributed by atoms with E-state index in [0.717, 1.165) is 12.0 Å². The quantitative estimate of drug-likeness (QED) is 0.742. The fraction of sp³-hybridized carbons (Fsp3) is 0.538. The third-order valence-electron chi connectivity index (χ3n) is 2.82. The molecule has 3 unspecified atom stereocenters. The van der Waals surface area contributed by atoms with Gasteiger partial charge in [0.2, 0.25) is 0 Å². The van der Waals surface area contributed by atoms with E-state index >= 15 is 0 Å². The molecule has 3 nitrogen and oxygen atoms in total. The zero-order valence-electron chi connectivity index (χ0n) is 10.6. The second-order valence-electron chi connectivity index (χ2n) is 4.64. The second-order valence-corrected chi connectivity index (χ2v) is 4.64. The first-order chi connectivity index (χ1) is 8.02.